The Morgan fingerprint density at radius 1 is 1.33 bits per heavy atom. The van der Waals surface area contributed by atoms with Gasteiger partial charge in [0.25, 0.3) is 0 Å². The van der Waals surface area contributed by atoms with Gasteiger partial charge in [-0.1, -0.05) is 0 Å². The summed E-state index contributed by atoms with van der Waals surface area (Å²) in [6.07, 6.45) is 0.0782. The van der Waals surface area contributed by atoms with Crippen LogP contribution in [0.15, 0.2) is 6.07 Å². The maximum absolute atomic E-state index is 12.0. The fourth-order valence-corrected chi connectivity index (χ4v) is 3.41. The van der Waals surface area contributed by atoms with Gasteiger partial charge in [0, 0.05) is 29.6 Å². The van der Waals surface area contributed by atoms with Gasteiger partial charge in [-0.15, -0.1) is 0 Å². The van der Waals surface area contributed by atoms with E-state index < -0.39 is 9.05 Å². The fraction of sp³-hybridized carbons (Fsp3) is 0.545. The number of carbonyl (C=O) groups excluding carboxylic acids is 1. The number of aromatic nitrogens is 2. The summed E-state index contributed by atoms with van der Waals surface area (Å²) in [5, 5.41) is 0. The highest BCUT2D eigenvalue weighted by atomic mass is 35.7. The van der Waals surface area contributed by atoms with Crippen LogP contribution in [0.3, 0.4) is 0 Å². The molecule has 116 valence electrons. The summed E-state index contributed by atoms with van der Waals surface area (Å²) in [5.41, 5.74) is 0. The lowest BCUT2D eigenvalue weighted by atomic mass is 10.1. The van der Waals surface area contributed by atoms with Crippen molar-refractivity contribution in [1.29, 1.82) is 0 Å². The van der Waals surface area contributed by atoms with E-state index in [1.807, 2.05) is 0 Å². The first-order chi connectivity index (χ1) is 9.82. The Morgan fingerprint density at radius 3 is 2.38 bits per heavy atom. The Morgan fingerprint density at radius 2 is 1.90 bits per heavy atom. The van der Waals surface area contributed by atoms with E-state index in [2.05, 4.69) is 9.97 Å². The van der Waals surface area contributed by atoms with Gasteiger partial charge in [0.2, 0.25) is 32.7 Å². The van der Waals surface area contributed by atoms with Crippen LogP contribution in [0.5, 0.6) is 11.8 Å². The van der Waals surface area contributed by atoms with E-state index in [0.717, 1.165) is 0 Å². The molecular formula is C11H14ClN3O5S. The molecule has 21 heavy (non-hydrogen) atoms. The van der Waals surface area contributed by atoms with Crippen molar-refractivity contribution in [2.24, 2.45) is 5.92 Å². The monoisotopic (exact) mass is 335 g/mol. The summed E-state index contributed by atoms with van der Waals surface area (Å²) >= 11 is 0. The number of anilines is 1. The molecule has 0 radical (unpaired) electrons. The van der Waals surface area contributed by atoms with E-state index in [9.17, 15) is 13.2 Å². The van der Waals surface area contributed by atoms with Crippen molar-refractivity contribution < 1.29 is 22.7 Å². The van der Waals surface area contributed by atoms with E-state index >= 15 is 0 Å². The van der Waals surface area contributed by atoms with Crippen LogP contribution in [0, 0.1) is 5.92 Å². The molecule has 2 heterocycles. The molecule has 1 aliphatic heterocycles. The fourth-order valence-electron chi connectivity index (χ4n) is 2.09. The normalized spacial score (nSPS) is 18.9. The van der Waals surface area contributed by atoms with Gasteiger partial charge in [-0.25, -0.2) is 8.42 Å². The third-order valence-corrected chi connectivity index (χ3v) is 4.21. The number of nitrogens with zero attached hydrogens (tertiary/aromatic N) is 3. The quantitative estimate of drug-likeness (QED) is 0.719. The van der Waals surface area contributed by atoms with E-state index in [1.54, 1.807) is 0 Å². The van der Waals surface area contributed by atoms with Crippen molar-refractivity contribution in [2.45, 2.75) is 6.42 Å². The van der Waals surface area contributed by atoms with E-state index in [0.29, 0.717) is 0 Å². The number of hydrogen-bond donors (Lipinski definition) is 0. The number of rotatable bonds is 5. The zero-order valence-electron chi connectivity index (χ0n) is 11.4. The van der Waals surface area contributed by atoms with Crippen LogP contribution in [-0.2, 0) is 13.8 Å². The number of methoxy groups -OCH3 is 2. The number of ether oxygens (including phenoxy) is 2. The largest absolute Gasteiger partial charge is 0.481 e. The number of hydrogen-bond acceptors (Lipinski definition) is 7. The van der Waals surface area contributed by atoms with E-state index in [1.165, 1.54) is 25.2 Å². The number of halogens is 1. The van der Waals surface area contributed by atoms with Crippen molar-refractivity contribution in [1.82, 2.24) is 9.97 Å². The highest BCUT2D eigenvalue weighted by molar-refractivity contribution is 8.13. The molecule has 1 saturated heterocycles. The molecular weight excluding hydrogens is 322 g/mol. The van der Waals surface area contributed by atoms with Crippen LogP contribution < -0.4 is 14.4 Å². The smallest absolute Gasteiger partial charge is 0.238 e. The minimum Gasteiger partial charge on any atom is -0.481 e. The lowest BCUT2D eigenvalue weighted by Gasteiger charge is -2.15. The molecule has 0 aliphatic carbocycles. The average Bonchev–Trinajstić information content (AvgIpc) is 2.76. The molecule has 1 atom stereocenters. The van der Waals surface area contributed by atoms with Crippen LogP contribution in [0.4, 0.5) is 5.95 Å². The molecule has 1 fully saturated rings. The molecule has 1 aromatic heterocycles. The van der Waals surface area contributed by atoms with Crippen molar-refractivity contribution >= 4 is 31.6 Å². The summed E-state index contributed by atoms with van der Waals surface area (Å²) in [5.74, 6) is -0.309. The highest BCUT2D eigenvalue weighted by Crippen LogP contribution is 2.27. The van der Waals surface area contributed by atoms with Crippen LogP contribution >= 0.6 is 10.7 Å². The highest BCUT2D eigenvalue weighted by Gasteiger charge is 2.35. The van der Waals surface area contributed by atoms with Crippen molar-refractivity contribution in [2.75, 3.05) is 31.4 Å². The summed E-state index contributed by atoms with van der Waals surface area (Å²) in [4.78, 5) is 21.4. The third-order valence-electron chi connectivity index (χ3n) is 2.97. The second kappa shape index (κ2) is 6.02. The van der Waals surface area contributed by atoms with Crippen molar-refractivity contribution in [3.8, 4) is 11.8 Å². The number of amides is 1. The van der Waals surface area contributed by atoms with Crippen molar-refractivity contribution in [3.63, 3.8) is 0 Å². The molecule has 0 spiro atoms. The van der Waals surface area contributed by atoms with Gasteiger partial charge in [-0.05, 0) is 0 Å². The standard InChI is InChI=1S/C11H14ClN3O5S/c1-19-8-4-9(20-2)14-11(13-8)15-5-7(3-10(15)16)6-21(12,17)18/h4,7H,3,5-6H2,1-2H3. The van der Waals surface area contributed by atoms with Crippen molar-refractivity contribution in [3.05, 3.63) is 6.07 Å². The summed E-state index contributed by atoms with van der Waals surface area (Å²) < 4.78 is 32.2. The lowest BCUT2D eigenvalue weighted by molar-refractivity contribution is -0.117. The Kier molecular flexibility index (Phi) is 4.52. The summed E-state index contributed by atoms with van der Waals surface area (Å²) in [6.45, 7) is 0.182. The van der Waals surface area contributed by atoms with Crippen LogP contribution in [0.2, 0.25) is 0 Å². The first-order valence-electron chi connectivity index (χ1n) is 6.02. The second-order valence-corrected chi connectivity index (χ2v) is 7.35. The molecule has 1 unspecified atom stereocenters. The maximum Gasteiger partial charge on any atom is 0.238 e. The van der Waals surface area contributed by atoms with Gasteiger partial charge < -0.3 is 9.47 Å². The minimum atomic E-state index is -3.66. The van der Waals surface area contributed by atoms with Crippen LogP contribution in [0.1, 0.15) is 6.42 Å². The Balaban J connectivity index is 2.24. The van der Waals surface area contributed by atoms with E-state index in [-0.39, 0.29) is 48.3 Å². The first kappa shape index (κ1) is 15.8. The first-order valence-corrected chi connectivity index (χ1v) is 8.50. The molecule has 0 aromatic carbocycles. The third kappa shape index (κ3) is 3.94. The average molecular weight is 336 g/mol. The van der Waals surface area contributed by atoms with Gasteiger partial charge in [-0.2, -0.15) is 9.97 Å². The SMILES string of the molecule is COc1cc(OC)nc(N2CC(CS(=O)(=O)Cl)CC2=O)n1. The van der Waals surface area contributed by atoms with Crippen LogP contribution in [0.25, 0.3) is 0 Å². The minimum absolute atomic E-state index is 0.0782. The van der Waals surface area contributed by atoms with Gasteiger partial charge >= 0.3 is 0 Å². The van der Waals surface area contributed by atoms with Crippen LogP contribution in [-0.4, -0.2) is 50.8 Å². The van der Waals surface area contributed by atoms with Gasteiger partial charge in [0.1, 0.15) is 0 Å². The number of carbonyl (C=O) groups is 1. The zero-order valence-corrected chi connectivity index (χ0v) is 13.0. The Hall–Kier alpha value is -1.61. The topological polar surface area (TPSA) is 98.7 Å². The molecule has 0 N–H and O–H groups in total. The lowest BCUT2D eigenvalue weighted by Crippen LogP contribution is -2.27. The molecule has 1 aromatic rings. The molecule has 8 nitrogen and oxygen atoms in total. The van der Waals surface area contributed by atoms with Gasteiger partial charge in [-0.3, -0.25) is 9.69 Å². The predicted octanol–water partition coefficient (Wildman–Crippen LogP) is 0.415. The van der Waals surface area contributed by atoms with Gasteiger partial charge in [0.15, 0.2) is 0 Å². The molecule has 2 rings (SSSR count). The van der Waals surface area contributed by atoms with E-state index in [4.69, 9.17) is 20.2 Å². The maximum atomic E-state index is 12.0. The molecule has 1 amide bonds. The Labute approximate surface area is 126 Å². The molecule has 0 bridgehead atoms. The molecule has 0 saturated carbocycles. The van der Waals surface area contributed by atoms with Gasteiger partial charge in [0.05, 0.1) is 26.0 Å². The predicted molar refractivity (Wildman–Crippen MR) is 75.2 cm³/mol. The molecule has 10 heteroatoms. The molecule has 1 aliphatic rings. The summed E-state index contributed by atoms with van der Waals surface area (Å²) in [7, 11) is 4.42. The zero-order chi connectivity index (χ0) is 15.6. The second-order valence-electron chi connectivity index (χ2n) is 4.53. The summed E-state index contributed by atoms with van der Waals surface area (Å²) in [6, 6.07) is 1.48. The Bertz CT molecular complexity index is 629.